The van der Waals surface area contributed by atoms with Gasteiger partial charge in [-0.25, -0.2) is 9.97 Å². The summed E-state index contributed by atoms with van der Waals surface area (Å²) in [5.41, 5.74) is 5.02. The van der Waals surface area contributed by atoms with Crippen LogP contribution in [0.15, 0.2) is 146 Å². The Morgan fingerprint density at radius 3 is 1.92 bits per heavy atom. The summed E-state index contributed by atoms with van der Waals surface area (Å²) in [7, 11) is 0. The van der Waals surface area contributed by atoms with Gasteiger partial charge in [-0.1, -0.05) is 121 Å². The molecule has 222 valence electrons. The topological polar surface area (TPSA) is 25.8 Å². The molecule has 0 amide bonds. The number of fused-ring (bicyclic) bond motifs is 12. The summed E-state index contributed by atoms with van der Waals surface area (Å²) in [5.74, 6) is 0. The fourth-order valence-electron chi connectivity index (χ4n) is 7.62. The maximum atomic E-state index is 5.55. The van der Waals surface area contributed by atoms with Crippen LogP contribution in [0.3, 0.4) is 0 Å². The maximum Gasteiger partial charge on any atom is 0.143 e. The first kappa shape index (κ1) is 26.4. The van der Waals surface area contributed by atoms with Gasteiger partial charge in [0, 0.05) is 41.4 Å². The summed E-state index contributed by atoms with van der Waals surface area (Å²) in [5, 5.41) is 13.6. The first-order valence-corrected chi connectivity index (χ1v) is 17.8. The number of hydrogen-bond acceptors (Lipinski definition) is 4. The summed E-state index contributed by atoms with van der Waals surface area (Å²) in [6.07, 6.45) is 0. The number of thiophene rings is 2. The Labute approximate surface area is 283 Å². The van der Waals surface area contributed by atoms with Crippen LogP contribution in [0, 0.1) is 0 Å². The summed E-state index contributed by atoms with van der Waals surface area (Å²) in [6, 6.07) is 52.9. The molecule has 0 unspecified atom stereocenters. The van der Waals surface area contributed by atoms with Crippen molar-refractivity contribution >= 4 is 106 Å². The predicted octanol–water partition coefficient (Wildman–Crippen LogP) is 13.2. The van der Waals surface area contributed by atoms with E-state index in [2.05, 4.69) is 146 Å². The van der Waals surface area contributed by atoms with Crippen molar-refractivity contribution in [3.63, 3.8) is 0 Å². The molecule has 8 aromatic carbocycles. The van der Waals surface area contributed by atoms with Gasteiger partial charge in [0.1, 0.15) is 10.3 Å². The van der Waals surface area contributed by atoms with Crippen molar-refractivity contribution in [2.24, 2.45) is 0 Å². The van der Waals surface area contributed by atoms with Crippen molar-refractivity contribution in [3.05, 3.63) is 146 Å². The Bertz CT molecular complexity index is 3130. The number of hydrogen-bond donors (Lipinski definition) is 0. The highest BCUT2D eigenvalue weighted by atomic mass is 32.1. The van der Waals surface area contributed by atoms with Crippen LogP contribution in [0.4, 0.5) is 0 Å². The predicted molar refractivity (Wildman–Crippen MR) is 209 cm³/mol. The van der Waals surface area contributed by atoms with Gasteiger partial charge in [-0.05, 0) is 67.4 Å². The smallest absolute Gasteiger partial charge is 0.143 e. The van der Waals surface area contributed by atoms with E-state index in [1.807, 2.05) is 11.3 Å². The van der Waals surface area contributed by atoms with Crippen LogP contribution >= 0.6 is 22.7 Å². The largest absolute Gasteiger partial charge is 0.242 e. The first-order chi connectivity index (χ1) is 23.8. The average molecular weight is 645 g/mol. The molecule has 3 aromatic heterocycles. The van der Waals surface area contributed by atoms with Gasteiger partial charge >= 0.3 is 0 Å². The van der Waals surface area contributed by atoms with E-state index in [9.17, 15) is 0 Å². The van der Waals surface area contributed by atoms with E-state index in [1.165, 1.54) is 68.0 Å². The molecule has 0 saturated carbocycles. The van der Waals surface area contributed by atoms with Crippen LogP contribution < -0.4 is 0 Å². The molecule has 0 saturated heterocycles. The van der Waals surface area contributed by atoms with Crippen molar-refractivity contribution in [1.29, 1.82) is 0 Å². The maximum absolute atomic E-state index is 5.55. The number of rotatable bonds is 2. The zero-order valence-electron chi connectivity index (χ0n) is 25.6. The molecule has 0 N–H and O–H groups in total. The summed E-state index contributed by atoms with van der Waals surface area (Å²) >= 11 is 3.61. The molecule has 0 fully saturated rings. The van der Waals surface area contributed by atoms with E-state index < -0.39 is 0 Å². The van der Waals surface area contributed by atoms with Gasteiger partial charge in [0.2, 0.25) is 0 Å². The van der Waals surface area contributed by atoms with Crippen molar-refractivity contribution in [2.45, 2.75) is 0 Å². The Morgan fingerprint density at radius 1 is 0.354 bits per heavy atom. The second kappa shape index (κ2) is 9.91. The number of aromatic nitrogens is 2. The van der Waals surface area contributed by atoms with Gasteiger partial charge in [-0.3, -0.25) is 0 Å². The normalized spacial score (nSPS) is 12.2. The molecule has 0 atom stereocenters. The molecule has 48 heavy (non-hydrogen) atoms. The van der Waals surface area contributed by atoms with E-state index in [0.717, 1.165) is 38.2 Å². The lowest BCUT2D eigenvalue weighted by atomic mass is 9.91. The van der Waals surface area contributed by atoms with Crippen molar-refractivity contribution in [3.8, 4) is 22.5 Å². The molecular weight excluding hydrogens is 621 g/mol. The minimum absolute atomic E-state index is 0.918. The molecule has 0 aliphatic heterocycles. The van der Waals surface area contributed by atoms with E-state index >= 15 is 0 Å². The van der Waals surface area contributed by atoms with Gasteiger partial charge in [-0.15, -0.1) is 22.7 Å². The van der Waals surface area contributed by atoms with Crippen LogP contribution in [-0.2, 0) is 0 Å². The van der Waals surface area contributed by atoms with Crippen LogP contribution in [0.5, 0.6) is 0 Å². The monoisotopic (exact) mass is 644 g/mol. The number of benzene rings is 8. The highest BCUT2D eigenvalue weighted by Gasteiger charge is 2.22. The molecule has 2 nitrogen and oxygen atoms in total. The van der Waals surface area contributed by atoms with Gasteiger partial charge in [0.15, 0.2) is 0 Å². The lowest BCUT2D eigenvalue weighted by Gasteiger charge is -2.15. The Kier molecular flexibility index (Phi) is 5.45. The first-order valence-electron chi connectivity index (χ1n) is 16.2. The molecule has 3 heterocycles. The molecule has 11 aromatic rings. The van der Waals surface area contributed by atoms with Crippen molar-refractivity contribution in [2.75, 3.05) is 0 Å². The van der Waals surface area contributed by atoms with Crippen LogP contribution in [0.2, 0.25) is 0 Å². The standard InChI is InChI=1S/C44H24N2S2/c1-4-14-28-25(10-1)13-9-18-31(28)40-41(46-44-42(45-40)33-17-7-8-19-38(33)48-44)37-22-27-12-3-5-15-29(27)34-23-36-32-21-20-26-11-2-6-16-30(26)43(32)47-39(36)24-35(34)37/h1-24H. The van der Waals surface area contributed by atoms with Gasteiger partial charge < -0.3 is 0 Å². The third kappa shape index (κ3) is 3.73. The molecule has 0 radical (unpaired) electrons. The second-order valence-corrected chi connectivity index (χ2v) is 14.6. The summed E-state index contributed by atoms with van der Waals surface area (Å²) < 4.78 is 3.83. The Hall–Kier alpha value is -5.68. The SMILES string of the molecule is c1ccc2c(-c3nc4c(nc3-c3cc5ccccc5c5cc6c(cc35)sc3c5ccccc5ccc63)sc3ccccc34)cccc2c1. The third-order valence-corrected chi connectivity index (χ3v) is 12.1. The summed E-state index contributed by atoms with van der Waals surface area (Å²) in [4.78, 5) is 12.0. The second-order valence-electron chi connectivity index (χ2n) is 12.5. The zero-order valence-corrected chi connectivity index (χ0v) is 27.2. The van der Waals surface area contributed by atoms with E-state index in [4.69, 9.17) is 9.97 Å². The van der Waals surface area contributed by atoms with Crippen molar-refractivity contribution < 1.29 is 0 Å². The fourth-order valence-corrected chi connectivity index (χ4v) is 9.90. The molecule has 0 aliphatic rings. The van der Waals surface area contributed by atoms with Gasteiger partial charge in [-0.2, -0.15) is 0 Å². The van der Waals surface area contributed by atoms with Crippen molar-refractivity contribution in [1.82, 2.24) is 9.97 Å². The highest BCUT2D eigenvalue weighted by molar-refractivity contribution is 7.26. The Balaban J connectivity index is 1.31. The number of nitrogens with zero attached hydrogens (tertiary/aromatic N) is 2. The van der Waals surface area contributed by atoms with Gasteiger partial charge in [0.25, 0.3) is 0 Å². The van der Waals surface area contributed by atoms with Crippen LogP contribution in [0.1, 0.15) is 0 Å². The molecule has 11 rings (SSSR count). The lowest BCUT2D eigenvalue weighted by Crippen LogP contribution is -1.96. The lowest BCUT2D eigenvalue weighted by molar-refractivity contribution is 1.33. The van der Waals surface area contributed by atoms with Crippen LogP contribution in [-0.4, -0.2) is 9.97 Å². The van der Waals surface area contributed by atoms with Crippen LogP contribution in [0.25, 0.3) is 106 Å². The van der Waals surface area contributed by atoms with E-state index in [0.29, 0.717) is 0 Å². The average Bonchev–Trinajstić information content (AvgIpc) is 3.70. The van der Waals surface area contributed by atoms with E-state index in [1.54, 1.807) is 11.3 Å². The molecular formula is C44H24N2S2. The highest BCUT2D eigenvalue weighted by Crippen LogP contribution is 2.46. The van der Waals surface area contributed by atoms with Gasteiger partial charge in [0.05, 0.1) is 11.4 Å². The van der Waals surface area contributed by atoms with E-state index in [-0.39, 0.29) is 0 Å². The third-order valence-electron chi connectivity index (χ3n) is 9.86. The minimum atomic E-state index is 0.918. The molecule has 4 heteroatoms. The summed E-state index contributed by atoms with van der Waals surface area (Å²) in [6.45, 7) is 0. The Morgan fingerprint density at radius 2 is 1.04 bits per heavy atom. The quantitative estimate of drug-likeness (QED) is 0.175. The zero-order chi connectivity index (χ0) is 31.3. The fraction of sp³-hybridized carbons (Fsp3) is 0. The minimum Gasteiger partial charge on any atom is -0.242 e. The molecule has 0 bridgehead atoms. The molecule has 0 spiro atoms. The molecule has 0 aliphatic carbocycles.